The van der Waals surface area contributed by atoms with Crippen LogP contribution in [0.2, 0.25) is 0 Å². The molecule has 18 heavy (non-hydrogen) atoms. The van der Waals surface area contributed by atoms with Crippen molar-refractivity contribution in [1.29, 1.82) is 0 Å². The SMILES string of the molecule is CC1CCCN1S(=O)(=O)c1ccc(CCCl)cc1. The second-order valence-electron chi connectivity index (χ2n) is 4.69. The van der Waals surface area contributed by atoms with Crippen molar-refractivity contribution in [2.75, 3.05) is 12.4 Å². The van der Waals surface area contributed by atoms with Gasteiger partial charge in [-0.2, -0.15) is 4.31 Å². The monoisotopic (exact) mass is 287 g/mol. The summed E-state index contributed by atoms with van der Waals surface area (Å²) in [5.41, 5.74) is 1.07. The first-order valence-electron chi connectivity index (χ1n) is 6.22. The first kappa shape index (κ1) is 13.8. The Morgan fingerprint density at radius 1 is 1.33 bits per heavy atom. The highest BCUT2D eigenvalue weighted by molar-refractivity contribution is 7.89. The van der Waals surface area contributed by atoms with Gasteiger partial charge in [0.05, 0.1) is 4.90 Å². The minimum absolute atomic E-state index is 0.109. The summed E-state index contributed by atoms with van der Waals surface area (Å²) in [7, 11) is -3.32. The largest absolute Gasteiger partial charge is 0.243 e. The van der Waals surface area contributed by atoms with E-state index in [9.17, 15) is 8.42 Å². The molecule has 1 aromatic rings. The smallest absolute Gasteiger partial charge is 0.207 e. The summed E-state index contributed by atoms with van der Waals surface area (Å²) in [5, 5.41) is 0. The molecule has 1 heterocycles. The lowest BCUT2D eigenvalue weighted by atomic mass is 10.2. The lowest BCUT2D eigenvalue weighted by Crippen LogP contribution is -2.33. The van der Waals surface area contributed by atoms with Gasteiger partial charge < -0.3 is 0 Å². The third-order valence-corrected chi connectivity index (χ3v) is 5.62. The molecule has 1 atom stereocenters. The van der Waals surface area contributed by atoms with E-state index >= 15 is 0 Å². The Bertz CT molecular complexity index is 498. The lowest BCUT2D eigenvalue weighted by molar-refractivity contribution is 0.408. The van der Waals surface area contributed by atoms with Crippen molar-refractivity contribution >= 4 is 21.6 Å². The number of hydrogen-bond acceptors (Lipinski definition) is 2. The van der Waals surface area contributed by atoms with E-state index in [1.807, 2.05) is 19.1 Å². The molecule has 1 fully saturated rings. The number of alkyl halides is 1. The molecule has 0 radical (unpaired) electrons. The fourth-order valence-electron chi connectivity index (χ4n) is 2.34. The fourth-order valence-corrected chi connectivity index (χ4v) is 4.25. The van der Waals surface area contributed by atoms with Crippen LogP contribution in [0.25, 0.3) is 0 Å². The zero-order chi connectivity index (χ0) is 13.2. The second kappa shape index (κ2) is 5.59. The van der Waals surface area contributed by atoms with Gasteiger partial charge in [-0.15, -0.1) is 11.6 Å². The zero-order valence-electron chi connectivity index (χ0n) is 10.5. The first-order valence-corrected chi connectivity index (χ1v) is 8.20. The molecular formula is C13H18ClNO2S. The van der Waals surface area contributed by atoms with Crippen molar-refractivity contribution in [2.45, 2.75) is 37.1 Å². The Morgan fingerprint density at radius 3 is 2.50 bits per heavy atom. The Balaban J connectivity index is 2.24. The number of aryl methyl sites for hydroxylation is 1. The summed E-state index contributed by atoms with van der Waals surface area (Å²) in [5.74, 6) is 0.551. The number of sulfonamides is 1. The Hall–Kier alpha value is -0.580. The van der Waals surface area contributed by atoms with E-state index in [1.54, 1.807) is 16.4 Å². The highest BCUT2D eigenvalue weighted by Gasteiger charge is 2.32. The van der Waals surface area contributed by atoms with Crippen LogP contribution in [0.15, 0.2) is 29.2 Å². The maximum absolute atomic E-state index is 12.4. The van der Waals surface area contributed by atoms with E-state index < -0.39 is 10.0 Å². The normalized spacial score (nSPS) is 21.3. The van der Waals surface area contributed by atoms with Crippen molar-refractivity contribution in [3.05, 3.63) is 29.8 Å². The van der Waals surface area contributed by atoms with Crippen LogP contribution in [-0.4, -0.2) is 31.2 Å². The van der Waals surface area contributed by atoms with Crippen LogP contribution in [0.3, 0.4) is 0 Å². The van der Waals surface area contributed by atoms with Crippen molar-refractivity contribution in [3.63, 3.8) is 0 Å². The van der Waals surface area contributed by atoms with Gasteiger partial charge in [0, 0.05) is 18.5 Å². The molecule has 1 saturated heterocycles. The quantitative estimate of drug-likeness (QED) is 0.799. The van der Waals surface area contributed by atoms with E-state index in [2.05, 4.69) is 0 Å². The first-order chi connectivity index (χ1) is 8.55. The highest BCUT2D eigenvalue weighted by atomic mass is 35.5. The van der Waals surface area contributed by atoms with Crippen molar-refractivity contribution in [2.24, 2.45) is 0 Å². The molecule has 0 spiro atoms. The molecule has 0 N–H and O–H groups in total. The third kappa shape index (κ3) is 2.71. The van der Waals surface area contributed by atoms with Gasteiger partial charge in [-0.25, -0.2) is 8.42 Å². The van der Waals surface area contributed by atoms with E-state index in [4.69, 9.17) is 11.6 Å². The van der Waals surface area contributed by atoms with Crippen molar-refractivity contribution in [3.8, 4) is 0 Å². The molecule has 0 aliphatic carbocycles. The van der Waals surface area contributed by atoms with Gasteiger partial charge in [0.2, 0.25) is 10.0 Å². The average molecular weight is 288 g/mol. The molecule has 0 saturated carbocycles. The number of rotatable bonds is 4. The molecule has 1 aliphatic rings. The molecular weight excluding hydrogens is 270 g/mol. The maximum Gasteiger partial charge on any atom is 0.243 e. The maximum atomic E-state index is 12.4. The molecule has 5 heteroatoms. The number of hydrogen-bond donors (Lipinski definition) is 0. The molecule has 2 rings (SSSR count). The van der Waals surface area contributed by atoms with E-state index in [-0.39, 0.29) is 6.04 Å². The van der Waals surface area contributed by atoms with Gasteiger partial charge in [0.1, 0.15) is 0 Å². The second-order valence-corrected chi connectivity index (χ2v) is 6.96. The van der Waals surface area contributed by atoms with E-state index in [0.717, 1.165) is 24.8 Å². The van der Waals surface area contributed by atoms with Gasteiger partial charge in [-0.1, -0.05) is 12.1 Å². The Morgan fingerprint density at radius 2 is 2.00 bits per heavy atom. The van der Waals surface area contributed by atoms with Crippen molar-refractivity contribution < 1.29 is 8.42 Å². The molecule has 1 unspecified atom stereocenters. The third-order valence-electron chi connectivity index (χ3n) is 3.41. The standard InChI is InChI=1S/C13H18ClNO2S/c1-11-3-2-10-15(11)18(16,17)13-6-4-12(5-7-13)8-9-14/h4-7,11H,2-3,8-10H2,1H3. The molecule has 0 bridgehead atoms. The van der Waals surface area contributed by atoms with Gasteiger partial charge in [-0.05, 0) is 43.9 Å². The van der Waals surface area contributed by atoms with E-state index in [1.165, 1.54) is 0 Å². The number of nitrogens with zero attached hydrogens (tertiary/aromatic N) is 1. The molecule has 0 aromatic heterocycles. The summed E-state index contributed by atoms with van der Waals surface area (Å²) in [6.45, 7) is 2.60. The fraction of sp³-hybridized carbons (Fsp3) is 0.538. The van der Waals surface area contributed by atoms with Crippen LogP contribution in [0.5, 0.6) is 0 Å². The minimum Gasteiger partial charge on any atom is -0.207 e. The molecule has 3 nitrogen and oxygen atoms in total. The minimum atomic E-state index is -3.32. The van der Waals surface area contributed by atoms with Crippen LogP contribution < -0.4 is 0 Å². The predicted octanol–water partition coefficient (Wildman–Crippen LogP) is 2.64. The van der Waals surface area contributed by atoms with Crippen molar-refractivity contribution in [1.82, 2.24) is 4.31 Å². The summed E-state index contributed by atoms with van der Waals surface area (Å²) in [4.78, 5) is 0.384. The van der Waals surface area contributed by atoms with Crippen LogP contribution in [0.1, 0.15) is 25.3 Å². The lowest BCUT2D eigenvalue weighted by Gasteiger charge is -2.20. The summed E-state index contributed by atoms with van der Waals surface area (Å²) < 4.78 is 26.4. The summed E-state index contributed by atoms with van der Waals surface area (Å²) in [6, 6.07) is 7.16. The molecule has 1 aliphatic heterocycles. The van der Waals surface area contributed by atoms with Gasteiger partial charge in [0.15, 0.2) is 0 Å². The van der Waals surface area contributed by atoms with Crippen LogP contribution in [0, 0.1) is 0 Å². The average Bonchev–Trinajstić information content (AvgIpc) is 2.77. The number of benzene rings is 1. The molecule has 0 amide bonds. The topological polar surface area (TPSA) is 37.4 Å². The zero-order valence-corrected chi connectivity index (χ0v) is 12.0. The highest BCUT2D eigenvalue weighted by Crippen LogP contribution is 2.25. The summed E-state index contributed by atoms with van der Waals surface area (Å²) >= 11 is 5.66. The number of halogens is 1. The van der Waals surface area contributed by atoms with Crippen LogP contribution in [-0.2, 0) is 16.4 Å². The van der Waals surface area contributed by atoms with Gasteiger partial charge in [0.25, 0.3) is 0 Å². The molecule has 100 valence electrons. The Kier molecular flexibility index (Phi) is 4.30. The summed E-state index contributed by atoms with van der Waals surface area (Å²) in [6.07, 6.45) is 2.66. The van der Waals surface area contributed by atoms with Crippen LogP contribution in [0.4, 0.5) is 0 Å². The van der Waals surface area contributed by atoms with E-state index in [0.29, 0.717) is 17.3 Å². The predicted molar refractivity (Wildman–Crippen MR) is 73.5 cm³/mol. The van der Waals surface area contributed by atoms with Gasteiger partial charge in [-0.3, -0.25) is 0 Å². The van der Waals surface area contributed by atoms with Crippen LogP contribution >= 0.6 is 11.6 Å². The Labute approximate surface area is 114 Å². The van der Waals surface area contributed by atoms with Gasteiger partial charge >= 0.3 is 0 Å². The molecule has 1 aromatic carbocycles.